The van der Waals surface area contributed by atoms with Crippen LogP contribution in [0.15, 0.2) is 42.6 Å². The van der Waals surface area contributed by atoms with Crippen LogP contribution < -0.4 is 5.32 Å². The third-order valence-corrected chi connectivity index (χ3v) is 3.09. The first-order chi connectivity index (χ1) is 9.99. The fourth-order valence-electron chi connectivity index (χ4n) is 2.08. The Labute approximate surface area is 121 Å². The summed E-state index contributed by atoms with van der Waals surface area (Å²) in [5, 5.41) is 11.4. The van der Waals surface area contributed by atoms with Gasteiger partial charge >= 0.3 is 5.97 Å². The highest BCUT2D eigenvalue weighted by Crippen LogP contribution is 2.16. The zero-order valence-corrected chi connectivity index (χ0v) is 11.4. The van der Waals surface area contributed by atoms with Crippen molar-refractivity contribution in [3.8, 4) is 0 Å². The Morgan fingerprint density at radius 2 is 2.00 bits per heavy atom. The van der Waals surface area contributed by atoms with Crippen LogP contribution in [0.1, 0.15) is 29.0 Å². The maximum absolute atomic E-state index is 13.6. The number of benzene rings is 1. The Bertz CT molecular complexity index is 666. The number of nitrogens with one attached hydrogen (secondary N) is 1. The van der Waals surface area contributed by atoms with Gasteiger partial charge in [-0.15, -0.1) is 0 Å². The highest BCUT2D eigenvalue weighted by Gasteiger charge is 2.17. The topological polar surface area (TPSA) is 71.3 Å². The van der Waals surface area contributed by atoms with Crippen molar-refractivity contribution in [1.82, 2.24) is 9.88 Å². The van der Waals surface area contributed by atoms with Crippen molar-refractivity contribution in [1.29, 1.82) is 0 Å². The molecule has 1 aromatic heterocycles. The highest BCUT2D eigenvalue weighted by atomic mass is 19.1. The molecule has 0 aliphatic carbocycles. The van der Waals surface area contributed by atoms with Crippen molar-refractivity contribution in [3.63, 3.8) is 0 Å². The molecule has 1 unspecified atom stereocenters. The highest BCUT2D eigenvalue weighted by molar-refractivity contribution is 5.93. The maximum atomic E-state index is 13.6. The fourth-order valence-corrected chi connectivity index (χ4v) is 2.08. The lowest BCUT2D eigenvalue weighted by Crippen LogP contribution is -2.29. The lowest BCUT2D eigenvalue weighted by Gasteiger charge is -2.15. The van der Waals surface area contributed by atoms with Crippen molar-refractivity contribution >= 4 is 11.9 Å². The van der Waals surface area contributed by atoms with Crippen LogP contribution in [0.4, 0.5) is 4.39 Å². The summed E-state index contributed by atoms with van der Waals surface area (Å²) < 4.78 is 15.0. The Kier molecular flexibility index (Phi) is 4.37. The number of amides is 1. The Balaban J connectivity index is 2.13. The first-order valence-corrected chi connectivity index (χ1v) is 6.41. The minimum absolute atomic E-state index is 0.223. The summed E-state index contributed by atoms with van der Waals surface area (Å²) in [5.41, 5.74) is 0.600. The normalized spacial score (nSPS) is 11.9. The molecule has 0 aliphatic rings. The van der Waals surface area contributed by atoms with Gasteiger partial charge in [-0.05, 0) is 25.1 Å². The molecular formula is C15H15FN2O3. The van der Waals surface area contributed by atoms with Crippen molar-refractivity contribution in [2.45, 2.75) is 19.5 Å². The third-order valence-electron chi connectivity index (χ3n) is 3.09. The SMILES string of the molecule is CC(NC(=O)c1cccn1CC(=O)O)c1ccccc1F. The van der Waals surface area contributed by atoms with Crippen LogP contribution in [0.3, 0.4) is 0 Å². The van der Waals surface area contributed by atoms with Gasteiger partial charge in [0, 0.05) is 11.8 Å². The number of aliphatic carboxylic acids is 1. The van der Waals surface area contributed by atoms with Gasteiger partial charge in [0.2, 0.25) is 0 Å². The second-order valence-electron chi connectivity index (χ2n) is 4.63. The van der Waals surface area contributed by atoms with Crippen LogP contribution >= 0.6 is 0 Å². The van der Waals surface area contributed by atoms with Crippen LogP contribution in [0, 0.1) is 5.82 Å². The van der Waals surface area contributed by atoms with Gasteiger partial charge in [0.05, 0.1) is 6.04 Å². The molecule has 1 heterocycles. The smallest absolute Gasteiger partial charge is 0.323 e. The minimum Gasteiger partial charge on any atom is -0.480 e. The molecule has 110 valence electrons. The van der Waals surface area contributed by atoms with Gasteiger partial charge in [0.25, 0.3) is 5.91 Å². The summed E-state index contributed by atoms with van der Waals surface area (Å²) in [6.07, 6.45) is 1.51. The molecular weight excluding hydrogens is 275 g/mol. The van der Waals surface area contributed by atoms with Crippen molar-refractivity contribution in [3.05, 3.63) is 59.7 Å². The number of aromatic nitrogens is 1. The van der Waals surface area contributed by atoms with Gasteiger partial charge in [0.1, 0.15) is 18.1 Å². The standard InChI is InChI=1S/C15H15FN2O3/c1-10(11-5-2-3-6-12(11)16)17-15(21)13-7-4-8-18(13)9-14(19)20/h2-8,10H,9H2,1H3,(H,17,21)(H,19,20). The van der Waals surface area contributed by atoms with E-state index in [9.17, 15) is 14.0 Å². The molecule has 2 aromatic rings. The van der Waals surface area contributed by atoms with Gasteiger partial charge in [-0.25, -0.2) is 4.39 Å². The lowest BCUT2D eigenvalue weighted by atomic mass is 10.1. The number of carbonyl (C=O) groups excluding carboxylic acids is 1. The van der Waals surface area contributed by atoms with Crippen LogP contribution in [-0.4, -0.2) is 21.6 Å². The van der Waals surface area contributed by atoms with Gasteiger partial charge in [-0.3, -0.25) is 9.59 Å². The Hall–Kier alpha value is -2.63. The van der Waals surface area contributed by atoms with Crippen molar-refractivity contribution in [2.75, 3.05) is 0 Å². The number of carboxylic acids is 1. The lowest BCUT2D eigenvalue weighted by molar-refractivity contribution is -0.137. The Morgan fingerprint density at radius 3 is 2.67 bits per heavy atom. The van der Waals surface area contributed by atoms with Crippen LogP contribution in [0.25, 0.3) is 0 Å². The van der Waals surface area contributed by atoms with Crippen molar-refractivity contribution in [2.24, 2.45) is 0 Å². The van der Waals surface area contributed by atoms with E-state index < -0.39 is 23.7 Å². The average molecular weight is 290 g/mol. The van der Waals surface area contributed by atoms with E-state index in [-0.39, 0.29) is 12.2 Å². The number of rotatable bonds is 5. The van der Waals surface area contributed by atoms with Gasteiger partial charge in [-0.2, -0.15) is 0 Å². The molecule has 2 N–H and O–H groups in total. The second kappa shape index (κ2) is 6.21. The van der Waals surface area contributed by atoms with Gasteiger partial charge < -0.3 is 15.0 Å². The van der Waals surface area contributed by atoms with E-state index in [1.54, 1.807) is 31.2 Å². The molecule has 0 spiro atoms. The predicted octanol–water partition coefficient (Wildman–Crippen LogP) is 2.20. The first kappa shape index (κ1) is 14.8. The molecule has 1 amide bonds. The maximum Gasteiger partial charge on any atom is 0.323 e. The first-order valence-electron chi connectivity index (χ1n) is 6.41. The largest absolute Gasteiger partial charge is 0.480 e. The molecule has 0 aliphatic heterocycles. The molecule has 21 heavy (non-hydrogen) atoms. The van der Waals surface area contributed by atoms with E-state index in [1.807, 2.05) is 0 Å². The van der Waals surface area contributed by atoms with Gasteiger partial charge in [0.15, 0.2) is 0 Å². The zero-order valence-electron chi connectivity index (χ0n) is 11.4. The van der Waals surface area contributed by atoms with Crippen LogP contribution in [-0.2, 0) is 11.3 Å². The fraction of sp³-hybridized carbons (Fsp3) is 0.200. The summed E-state index contributed by atoms with van der Waals surface area (Å²) in [4.78, 5) is 22.9. The van der Waals surface area contributed by atoms with E-state index in [0.717, 1.165) is 0 Å². The molecule has 0 saturated carbocycles. The average Bonchev–Trinajstić information content (AvgIpc) is 2.86. The summed E-state index contributed by atoms with van der Waals surface area (Å²) in [6, 6.07) is 8.77. The Morgan fingerprint density at radius 1 is 1.29 bits per heavy atom. The zero-order chi connectivity index (χ0) is 15.4. The van der Waals surface area contributed by atoms with E-state index in [4.69, 9.17) is 5.11 Å². The van der Waals surface area contributed by atoms with E-state index in [2.05, 4.69) is 5.32 Å². The summed E-state index contributed by atoms with van der Waals surface area (Å²) >= 11 is 0. The third kappa shape index (κ3) is 3.47. The van der Waals surface area contributed by atoms with Crippen LogP contribution in [0.2, 0.25) is 0 Å². The minimum atomic E-state index is -1.04. The molecule has 5 nitrogen and oxygen atoms in total. The number of carboxylic acid groups (broad SMARTS) is 1. The van der Waals surface area contributed by atoms with E-state index in [1.165, 1.54) is 22.9 Å². The number of hydrogen-bond donors (Lipinski definition) is 2. The molecule has 0 radical (unpaired) electrons. The summed E-state index contributed by atoms with van der Waals surface area (Å²) in [7, 11) is 0. The second-order valence-corrected chi connectivity index (χ2v) is 4.63. The summed E-state index contributed by atoms with van der Waals surface area (Å²) in [6.45, 7) is 1.37. The summed E-state index contributed by atoms with van der Waals surface area (Å²) in [5.74, 6) is -1.88. The molecule has 1 aromatic carbocycles. The molecule has 6 heteroatoms. The molecule has 0 bridgehead atoms. The van der Waals surface area contributed by atoms with Gasteiger partial charge in [-0.1, -0.05) is 18.2 Å². The number of carbonyl (C=O) groups is 2. The van der Waals surface area contributed by atoms with Crippen molar-refractivity contribution < 1.29 is 19.1 Å². The van der Waals surface area contributed by atoms with E-state index >= 15 is 0 Å². The number of halogens is 1. The molecule has 0 saturated heterocycles. The number of nitrogens with zero attached hydrogens (tertiary/aromatic N) is 1. The van der Waals surface area contributed by atoms with E-state index in [0.29, 0.717) is 5.56 Å². The van der Waals surface area contributed by atoms with Crippen LogP contribution in [0.5, 0.6) is 0 Å². The quantitative estimate of drug-likeness (QED) is 0.886. The molecule has 0 fully saturated rings. The molecule has 2 rings (SSSR count). The number of hydrogen-bond acceptors (Lipinski definition) is 2. The predicted molar refractivity (Wildman–Crippen MR) is 74.3 cm³/mol. The monoisotopic (exact) mass is 290 g/mol. The molecule has 1 atom stereocenters.